The van der Waals surface area contributed by atoms with Crippen LogP contribution < -0.4 is 5.32 Å². The van der Waals surface area contributed by atoms with Crippen LogP contribution in [0, 0.1) is 0 Å². The molecular formula is C14H33NO3. The van der Waals surface area contributed by atoms with E-state index in [0.717, 1.165) is 32.8 Å². The van der Waals surface area contributed by atoms with E-state index in [-0.39, 0.29) is 0 Å². The molecule has 4 heteroatoms. The van der Waals surface area contributed by atoms with Crippen LogP contribution in [0.5, 0.6) is 0 Å². The molecule has 0 aliphatic carbocycles. The van der Waals surface area contributed by atoms with Gasteiger partial charge in [-0.25, -0.2) is 0 Å². The van der Waals surface area contributed by atoms with E-state index >= 15 is 0 Å². The van der Waals surface area contributed by atoms with Gasteiger partial charge in [0.1, 0.15) is 6.79 Å². The molecule has 0 aromatic carbocycles. The SMILES string of the molecule is CC.CC.CC1CCOCO1.CC1COCCN1. The van der Waals surface area contributed by atoms with Gasteiger partial charge in [0.05, 0.1) is 25.9 Å². The standard InChI is InChI=1S/C5H11NO.C5H10O2.2C2H6/c1-5-4-7-3-2-6-5;1-5-2-3-6-4-7-5;2*1-2/h5-6H,2-4H2,1H3;5H,2-4H2,1H3;2*1-2H3. The molecule has 0 saturated carbocycles. The van der Waals surface area contributed by atoms with Crippen LogP contribution in [-0.4, -0.2) is 45.3 Å². The summed E-state index contributed by atoms with van der Waals surface area (Å²) in [7, 11) is 0. The second-order valence-corrected chi connectivity index (χ2v) is 3.72. The third-order valence-corrected chi connectivity index (χ3v) is 2.21. The topological polar surface area (TPSA) is 39.7 Å². The quantitative estimate of drug-likeness (QED) is 0.729. The molecule has 2 rings (SSSR count). The average molecular weight is 263 g/mol. The molecule has 0 aromatic rings. The fraction of sp³-hybridized carbons (Fsp3) is 1.00. The molecule has 0 spiro atoms. The van der Waals surface area contributed by atoms with Crippen molar-refractivity contribution in [1.82, 2.24) is 5.32 Å². The number of ether oxygens (including phenoxy) is 3. The van der Waals surface area contributed by atoms with Gasteiger partial charge in [0, 0.05) is 12.6 Å². The first-order valence-electron chi connectivity index (χ1n) is 7.29. The maximum absolute atomic E-state index is 5.12. The van der Waals surface area contributed by atoms with E-state index in [1.54, 1.807) is 0 Å². The highest BCUT2D eigenvalue weighted by Gasteiger charge is 2.06. The van der Waals surface area contributed by atoms with Crippen LogP contribution in [0.25, 0.3) is 0 Å². The Morgan fingerprint density at radius 1 is 0.944 bits per heavy atom. The van der Waals surface area contributed by atoms with Crippen LogP contribution in [0.4, 0.5) is 0 Å². The Kier molecular flexibility index (Phi) is 18.9. The van der Waals surface area contributed by atoms with E-state index < -0.39 is 0 Å². The van der Waals surface area contributed by atoms with Gasteiger partial charge in [0.25, 0.3) is 0 Å². The van der Waals surface area contributed by atoms with Crippen molar-refractivity contribution in [2.75, 3.05) is 33.2 Å². The van der Waals surface area contributed by atoms with Gasteiger partial charge in [0.2, 0.25) is 0 Å². The molecule has 2 unspecified atom stereocenters. The fourth-order valence-corrected chi connectivity index (χ4v) is 1.25. The van der Waals surface area contributed by atoms with Gasteiger partial charge in [-0.05, 0) is 20.3 Å². The molecule has 2 aliphatic heterocycles. The van der Waals surface area contributed by atoms with Crippen molar-refractivity contribution in [3.8, 4) is 0 Å². The van der Waals surface area contributed by atoms with E-state index in [1.807, 2.05) is 27.7 Å². The minimum Gasteiger partial charge on any atom is -0.379 e. The smallest absolute Gasteiger partial charge is 0.147 e. The lowest BCUT2D eigenvalue weighted by Gasteiger charge is -2.19. The van der Waals surface area contributed by atoms with Crippen molar-refractivity contribution in [2.45, 2.75) is 60.1 Å². The zero-order valence-corrected chi connectivity index (χ0v) is 13.1. The molecule has 2 heterocycles. The first kappa shape index (κ1) is 20.2. The summed E-state index contributed by atoms with van der Waals surface area (Å²) in [6, 6.07) is 0.564. The first-order valence-corrected chi connectivity index (χ1v) is 7.29. The van der Waals surface area contributed by atoms with Gasteiger partial charge in [-0.1, -0.05) is 27.7 Å². The van der Waals surface area contributed by atoms with Crippen LogP contribution in [0.3, 0.4) is 0 Å². The van der Waals surface area contributed by atoms with Crippen LogP contribution in [-0.2, 0) is 14.2 Å². The molecule has 18 heavy (non-hydrogen) atoms. The summed E-state index contributed by atoms with van der Waals surface area (Å²) < 4.78 is 15.1. The highest BCUT2D eigenvalue weighted by Crippen LogP contribution is 2.02. The number of hydrogen-bond donors (Lipinski definition) is 1. The Hall–Kier alpha value is -0.160. The van der Waals surface area contributed by atoms with Crippen molar-refractivity contribution in [3.05, 3.63) is 0 Å². The van der Waals surface area contributed by atoms with Crippen molar-refractivity contribution < 1.29 is 14.2 Å². The third-order valence-electron chi connectivity index (χ3n) is 2.21. The molecular weight excluding hydrogens is 230 g/mol. The molecule has 0 amide bonds. The van der Waals surface area contributed by atoms with Crippen LogP contribution in [0.15, 0.2) is 0 Å². The molecule has 4 nitrogen and oxygen atoms in total. The zero-order valence-electron chi connectivity index (χ0n) is 13.1. The summed E-state index contributed by atoms with van der Waals surface area (Å²) in [6.07, 6.45) is 1.45. The number of nitrogens with one attached hydrogen (secondary N) is 1. The maximum atomic E-state index is 5.12. The molecule has 2 aliphatic rings. The normalized spacial score (nSPS) is 26.3. The van der Waals surface area contributed by atoms with Crippen molar-refractivity contribution in [2.24, 2.45) is 0 Å². The minimum absolute atomic E-state index is 0.411. The lowest BCUT2D eigenvalue weighted by Crippen LogP contribution is -2.38. The fourth-order valence-electron chi connectivity index (χ4n) is 1.25. The van der Waals surface area contributed by atoms with Gasteiger partial charge in [-0.15, -0.1) is 0 Å². The zero-order chi connectivity index (χ0) is 14.2. The molecule has 0 radical (unpaired) electrons. The van der Waals surface area contributed by atoms with Gasteiger partial charge in [-0.2, -0.15) is 0 Å². The van der Waals surface area contributed by atoms with E-state index in [1.165, 1.54) is 0 Å². The Balaban J connectivity index is 0. The van der Waals surface area contributed by atoms with Crippen LogP contribution in [0.1, 0.15) is 48.0 Å². The molecule has 2 saturated heterocycles. The molecule has 2 fully saturated rings. The monoisotopic (exact) mass is 263 g/mol. The lowest BCUT2D eigenvalue weighted by atomic mass is 10.3. The summed E-state index contributed by atoms with van der Waals surface area (Å²) in [5, 5.41) is 3.26. The predicted octanol–water partition coefficient (Wildman–Crippen LogP) is 2.82. The molecule has 0 bridgehead atoms. The van der Waals surface area contributed by atoms with E-state index in [0.29, 0.717) is 18.9 Å². The van der Waals surface area contributed by atoms with Crippen LogP contribution in [0.2, 0.25) is 0 Å². The summed E-state index contributed by atoms with van der Waals surface area (Å²) >= 11 is 0. The van der Waals surface area contributed by atoms with Crippen molar-refractivity contribution >= 4 is 0 Å². The average Bonchev–Trinajstić information content (AvgIpc) is 2.46. The summed E-state index contributed by atoms with van der Waals surface area (Å²) in [5.41, 5.74) is 0. The van der Waals surface area contributed by atoms with Gasteiger partial charge < -0.3 is 19.5 Å². The Labute approximate surface area is 113 Å². The van der Waals surface area contributed by atoms with Crippen molar-refractivity contribution in [1.29, 1.82) is 0 Å². The second kappa shape index (κ2) is 16.8. The van der Waals surface area contributed by atoms with Gasteiger partial charge in [0.15, 0.2) is 0 Å². The molecule has 0 aromatic heterocycles. The highest BCUT2D eigenvalue weighted by molar-refractivity contribution is 4.62. The molecule has 1 N–H and O–H groups in total. The Morgan fingerprint density at radius 3 is 1.83 bits per heavy atom. The van der Waals surface area contributed by atoms with E-state index in [4.69, 9.17) is 14.2 Å². The Bertz CT molecular complexity index is 117. The largest absolute Gasteiger partial charge is 0.379 e. The van der Waals surface area contributed by atoms with E-state index in [9.17, 15) is 0 Å². The predicted molar refractivity (Wildman–Crippen MR) is 77.0 cm³/mol. The Morgan fingerprint density at radius 2 is 1.61 bits per heavy atom. The maximum Gasteiger partial charge on any atom is 0.147 e. The highest BCUT2D eigenvalue weighted by atomic mass is 16.7. The van der Waals surface area contributed by atoms with Gasteiger partial charge in [-0.3, -0.25) is 0 Å². The first-order chi connectivity index (χ1) is 8.79. The second-order valence-electron chi connectivity index (χ2n) is 3.72. The molecule has 112 valence electrons. The number of morpholine rings is 1. The van der Waals surface area contributed by atoms with Crippen LogP contribution >= 0.6 is 0 Å². The minimum atomic E-state index is 0.411. The lowest BCUT2D eigenvalue weighted by molar-refractivity contribution is -0.132. The van der Waals surface area contributed by atoms with Gasteiger partial charge >= 0.3 is 0 Å². The summed E-state index contributed by atoms with van der Waals surface area (Å²) in [4.78, 5) is 0. The number of hydrogen-bond acceptors (Lipinski definition) is 4. The van der Waals surface area contributed by atoms with E-state index in [2.05, 4.69) is 19.2 Å². The summed E-state index contributed by atoms with van der Waals surface area (Å²) in [6.45, 7) is 16.3. The number of rotatable bonds is 0. The third kappa shape index (κ3) is 13.9. The summed E-state index contributed by atoms with van der Waals surface area (Å²) in [5.74, 6) is 0. The van der Waals surface area contributed by atoms with Crippen molar-refractivity contribution in [3.63, 3.8) is 0 Å². The molecule has 2 atom stereocenters.